The summed E-state index contributed by atoms with van der Waals surface area (Å²) in [5.74, 6) is 0.638. The fraction of sp³-hybridized carbons (Fsp3) is 0.464. The lowest BCUT2D eigenvalue weighted by Gasteiger charge is -2.45. The smallest absolute Gasteiger partial charge is 0.251 e. The van der Waals surface area contributed by atoms with E-state index in [9.17, 15) is 14.7 Å². The van der Waals surface area contributed by atoms with Gasteiger partial charge in [-0.3, -0.25) is 19.9 Å². The number of guanidine groups is 1. The van der Waals surface area contributed by atoms with E-state index in [1.807, 2.05) is 52.0 Å². The Morgan fingerprint density at radius 3 is 2.68 bits per heavy atom. The number of aliphatic hydroxyl groups is 1. The van der Waals surface area contributed by atoms with Crippen LogP contribution < -0.4 is 20.1 Å². The van der Waals surface area contributed by atoms with Gasteiger partial charge in [-0.1, -0.05) is 25.1 Å². The zero-order valence-corrected chi connectivity index (χ0v) is 21.6. The molecule has 37 heavy (non-hydrogen) atoms. The van der Waals surface area contributed by atoms with Crippen molar-refractivity contribution in [3.63, 3.8) is 0 Å². The molecule has 0 bridgehead atoms. The fourth-order valence-electron chi connectivity index (χ4n) is 5.45. The molecule has 0 radical (unpaired) electrons. The van der Waals surface area contributed by atoms with Crippen LogP contribution in [0, 0.1) is 5.41 Å². The van der Waals surface area contributed by atoms with Crippen LogP contribution in [0.15, 0.2) is 42.5 Å². The fourth-order valence-corrected chi connectivity index (χ4v) is 5.45. The predicted octanol–water partition coefficient (Wildman–Crippen LogP) is 3.44. The highest BCUT2D eigenvalue weighted by molar-refractivity contribution is 6.00. The maximum atomic E-state index is 13.4. The van der Waals surface area contributed by atoms with Crippen LogP contribution >= 0.6 is 0 Å². The van der Waals surface area contributed by atoms with Crippen molar-refractivity contribution in [3.8, 4) is 11.5 Å². The second-order valence-corrected chi connectivity index (χ2v) is 11.0. The van der Waals surface area contributed by atoms with Crippen molar-refractivity contribution < 1.29 is 24.2 Å². The van der Waals surface area contributed by atoms with Crippen LogP contribution in [0.2, 0.25) is 0 Å². The quantitative estimate of drug-likeness (QED) is 0.504. The molecule has 5 rings (SSSR count). The molecule has 1 fully saturated rings. The van der Waals surface area contributed by atoms with E-state index in [2.05, 4.69) is 10.6 Å². The number of rotatable bonds is 4. The summed E-state index contributed by atoms with van der Waals surface area (Å²) in [5, 5.41) is 25.7. The Balaban J connectivity index is 1.44. The molecule has 9 nitrogen and oxygen atoms in total. The molecule has 9 heteroatoms. The standard InChI is InChI=1S/C28H34N4O5/c1-5-28(4)14-23(34)32(26(29)31-28)24-18-12-16(10-11-21(18)36-15-20(24)33)25(35)30-19-13-27(2,3)37-22-9-7-6-8-17(19)22/h6-12,19-20,24,33H,5,13-15H2,1-4H3,(H2,29,31)(H,30,35)/t19-,20?,24?,28-/m0/s1. The third-order valence-electron chi connectivity index (χ3n) is 7.58. The number of para-hydroxylation sites is 1. The molecule has 0 spiro atoms. The van der Waals surface area contributed by atoms with Crippen molar-refractivity contribution in [2.75, 3.05) is 6.61 Å². The summed E-state index contributed by atoms with van der Waals surface area (Å²) in [4.78, 5) is 27.9. The Kier molecular flexibility index (Phi) is 6.14. The number of carbonyl (C=O) groups excluding carboxylic acids is 2. The molecule has 2 aromatic rings. The average Bonchev–Trinajstić information content (AvgIpc) is 2.84. The molecule has 4 N–H and O–H groups in total. The van der Waals surface area contributed by atoms with Crippen molar-refractivity contribution in [2.24, 2.45) is 0 Å². The van der Waals surface area contributed by atoms with E-state index in [-0.39, 0.29) is 36.8 Å². The molecule has 0 aromatic heterocycles. The molecule has 0 aliphatic carbocycles. The first-order valence-electron chi connectivity index (χ1n) is 12.7. The van der Waals surface area contributed by atoms with E-state index in [4.69, 9.17) is 14.9 Å². The molecule has 1 saturated heterocycles. The van der Waals surface area contributed by atoms with E-state index in [1.54, 1.807) is 18.2 Å². The monoisotopic (exact) mass is 506 g/mol. The third kappa shape index (κ3) is 4.64. The average molecular weight is 507 g/mol. The summed E-state index contributed by atoms with van der Waals surface area (Å²) in [6.07, 6.45) is 0.431. The van der Waals surface area contributed by atoms with Gasteiger partial charge in [-0.15, -0.1) is 0 Å². The number of aliphatic hydroxyl groups excluding tert-OH is 1. The third-order valence-corrected chi connectivity index (χ3v) is 7.58. The number of amides is 2. The highest BCUT2D eigenvalue weighted by Gasteiger charge is 2.45. The van der Waals surface area contributed by atoms with Crippen LogP contribution in [-0.4, -0.2) is 51.6 Å². The van der Waals surface area contributed by atoms with Gasteiger partial charge in [0.1, 0.15) is 29.8 Å². The highest BCUT2D eigenvalue weighted by atomic mass is 16.5. The maximum Gasteiger partial charge on any atom is 0.251 e. The van der Waals surface area contributed by atoms with E-state index in [1.165, 1.54) is 4.90 Å². The summed E-state index contributed by atoms with van der Waals surface area (Å²) >= 11 is 0. The lowest BCUT2D eigenvalue weighted by molar-refractivity contribution is -0.135. The first-order chi connectivity index (χ1) is 17.5. The van der Waals surface area contributed by atoms with E-state index in [0.717, 1.165) is 11.3 Å². The minimum Gasteiger partial charge on any atom is -0.490 e. The van der Waals surface area contributed by atoms with E-state index >= 15 is 0 Å². The number of carbonyl (C=O) groups is 2. The van der Waals surface area contributed by atoms with Crippen LogP contribution in [0.5, 0.6) is 11.5 Å². The summed E-state index contributed by atoms with van der Waals surface area (Å²) in [7, 11) is 0. The number of hydrogen-bond acceptors (Lipinski definition) is 6. The van der Waals surface area contributed by atoms with Gasteiger partial charge < -0.3 is 25.2 Å². The highest BCUT2D eigenvalue weighted by Crippen LogP contribution is 2.41. The van der Waals surface area contributed by atoms with Crippen LogP contribution in [-0.2, 0) is 4.79 Å². The Morgan fingerprint density at radius 1 is 1.19 bits per heavy atom. The molecule has 3 aliphatic rings. The molecule has 4 atom stereocenters. The maximum absolute atomic E-state index is 13.4. The van der Waals surface area contributed by atoms with Crippen molar-refractivity contribution >= 4 is 17.8 Å². The number of benzene rings is 2. The van der Waals surface area contributed by atoms with Gasteiger partial charge in [0.2, 0.25) is 5.91 Å². The molecule has 3 heterocycles. The molecule has 3 aliphatic heterocycles. The largest absolute Gasteiger partial charge is 0.490 e. The zero-order chi connectivity index (χ0) is 26.5. The van der Waals surface area contributed by atoms with E-state index in [0.29, 0.717) is 29.7 Å². The normalized spacial score (nSPS) is 28.2. The SMILES string of the molecule is CC[C@@]1(C)CC(=O)N(C2c3cc(C(=O)N[C@H]4CC(C)(C)Oc5ccccc54)ccc3OCC2O)C(=N)N1. The Hall–Kier alpha value is -3.59. The minimum absolute atomic E-state index is 0.0146. The van der Waals surface area contributed by atoms with Crippen LogP contribution in [0.3, 0.4) is 0 Å². The van der Waals surface area contributed by atoms with Gasteiger partial charge in [0.05, 0.1) is 18.5 Å². The van der Waals surface area contributed by atoms with E-state index < -0.39 is 23.3 Å². The van der Waals surface area contributed by atoms with Gasteiger partial charge in [-0.2, -0.15) is 0 Å². The van der Waals surface area contributed by atoms with Crippen molar-refractivity contribution in [3.05, 3.63) is 59.2 Å². The lowest BCUT2D eigenvalue weighted by atomic mass is 9.88. The van der Waals surface area contributed by atoms with Crippen molar-refractivity contribution in [1.82, 2.24) is 15.5 Å². The minimum atomic E-state index is -1.05. The first-order valence-corrected chi connectivity index (χ1v) is 12.7. The number of nitrogens with one attached hydrogen (secondary N) is 3. The number of hydrogen-bond donors (Lipinski definition) is 4. The van der Waals surface area contributed by atoms with Gasteiger partial charge in [0.25, 0.3) is 5.91 Å². The molecule has 196 valence electrons. The molecule has 2 unspecified atom stereocenters. The van der Waals surface area contributed by atoms with Crippen LogP contribution in [0.25, 0.3) is 0 Å². The molecule has 0 saturated carbocycles. The number of fused-ring (bicyclic) bond motifs is 2. The second-order valence-electron chi connectivity index (χ2n) is 11.0. The summed E-state index contributed by atoms with van der Waals surface area (Å²) in [6, 6.07) is 11.6. The number of ether oxygens (including phenoxy) is 2. The topological polar surface area (TPSA) is 124 Å². The molecular weight excluding hydrogens is 472 g/mol. The Morgan fingerprint density at radius 2 is 1.95 bits per heavy atom. The number of nitrogens with zero attached hydrogens (tertiary/aromatic N) is 1. The Labute approximate surface area is 216 Å². The van der Waals surface area contributed by atoms with Crippen molar-refractivity contribution in [1.29, 1.82) is 5.41 Å². The van der Waals surface area contributed by atoms with Crippen molar-refractivity contribution in [2.45, 2.75) is 76.3 Å². The molecule has 2 aromatic carbocycles. The molecular formula is C28H34N4O5. The lowest BCUT2D eigenvalue weighted by Crippen LogP contribution is -2.63. The summed E-state index contributed by atoms with van der Waals surface area (Å²) in [6.45, 7) is 7.84. The van der Waals surface area contributed by atoms with Gasteiger partial charge in [-0.05, 0) is 51.5 Å². The van der Waals surface area contributed by atoms with Crippen LogP contribution in [0.4, 0.5) is 0 Å². The first kappa shape index (κ1) is 25.1. The molecule has 2 amide bonds. The van der Waals surface area contributed by atoms with Gasteiger partial charge in [0, 0.05) is 28.7 Å². The second kappa shape index (κ2) is 9.06. The summed E-state index contributed by atoms with van der Waals surface area (Å²) in [5.41, 5.74) is 0.839. The van der Waals surface area contributed by atoms with Gasteiger partial charge in [-0.25, -0.2) is 0 Å². The summed E-state index contributed by atoms with van der Waals surface area (Å²) < 4.78 is 11.8. The van der Waals surface area contributed by atoms with Gasteiger partial charge in [0.15, 0.2) is 5.96 Å². The zero-order valence-electron chi connectivity index (χ0n) is 21.6. The predicted molar refractivity (Wildman–Crippen MR) is 138 cm³/mol. The Bertz CT molecular complexity index is 1240. The van der Waals surface area contributed by atoms with Crippen LogP contribution in [0.1, 0.15) is 80.5 Å². The van der Waals surface area contributed by atoms with Gasteiger partial charge >= 0.3 is 0 Å².